The third-order valence-corrected chi connectivity index (χ3v) is 5.14. The number of rotatable bonds is 4. The van der Waals surface area contributed by atoms with Gasteiger partial charge in [-0.15, -0.1) is 0 Å². The van der Waals surface area contributed by atoms with Crippen molar-refractivity contribution in [3.05, 3.63) is 24.3 Å². The lowest BCUT2D eigenvalue weighted by molar-refractivity contribution is -0.223. The Kier molecular flexibility index (Phi) is 5.20. The van der Waals surface area contributed by atoms with Crippen LogP contribution in [-0.2, 0) is 23.7 Å². The highest BCUT2D eigenvalue weighted by atomic mass is 16.8. The van der Waals surface area contributed by atoms with Crippen LogP contribution in [0.15, 0.2) is 24.3 Å². The molecule has 3 heterocycles. The fraction of sp³-hybridized carbons (Fsp3) is 0.650. The Hall–Kier alpha value is -1.91. The van der Waals surface area contributed by atoms with Gasteiger partial charge in [0.25, 0.3) is 0 Å². The van der Waals surface area contributed by atoms with Gasteiger partial charge in [0.05, 0.1) is 25.4 Å². The first kappa shape index (κ1) is 20.4. The maximum atomic E-state index is 12.8. The van der Waals surface area contributed by atoms with Gasteiger partial charge < -0.3 is 39.1 Å². The molecule has 0 spiro atoms. The lowest BCUT2D eigenvalue weighted by Gasteiger charge is -2.29. The SMILES string of the molecule is COc1ccccc1NC(=O)N[C@H]1[C@H]2OC(C)(C)O[C@H]2O[C@@H]1[C@H]1COC(C)(C)O1. The number of ether oxygens (including phenoxy) is 6. The number of carbonyl (C=O) groups excluding carboxylic acids is 1. The Balaban J connectivity index is 1.50. The van der Waals surface area contributed by atoms with Gasteiger partial charge in [0.1, 0.15) is 24.1 Å². The van der Waals surface area contributed by atoms with E-state index in [1.807, 2.05) is 39.8 Å². The van der Waals surface area contributed by atoms with Gasteiger partial charge >= 0.3 is 6.03 Å². The third-order valence-electron chi connectivity index (χ3n) is 5.14. The van der Waals surface area contributed by atoms with Crippen LogP contribution < -0.4 is 15.4 Å². The van der Waals surface area contributed by atoms with E-state index >= 15 is 0 Å². The van der Waals surface area contributed by atoms with Crippen molar-refractivity contribution in [1.29, 1.82) is 0 Å². The molecule has 0 unspecified atom stereocenters. The summed E-state index contributed by atoms with van der Waals surface area (Å²) in [5, 5.41) is 5.79. The lowest BCUT2D eigenvalue weighted by atomic mass is 10.0. The molecule has 9 nitrogen and oxygen atoms in total. The van der Waals surface area contributed by atoms with E-state index in [1.54, 1.807) is 19.2 Å². The zero-order valence-corrected chi connectivity index (χ0v) is 17.3. The molecule has 0 aromatic heterocycles. The van der Waals surface area contributed by atoms with Crippen LogP contribution in [0.1, 0.15) is 27.7 Å². The molecule has 1 aromatic rings. The molecule has 3 saturated heterocycles. The van der Waals surface area contributed by atoms with Gasteiger partial charge in [-0.3, -0.25) is 0 Å². The molecule has 0 saturated carbocycles. The van der Waals surface area contributed by atoms with Gasteiger partial charge in [-0.1, -0.05) is 12.1 Å². The van der Waals surface area contributed by atoms with Crippen LogP contribution in [0.5, 0.6) is 5.75 Å². The molecule has 0 aliphatic carbocycles. The number of carbonyl (C=O) groups is 1. The van der Waals surface area contributed by atoms with E-state index in [0.29, 0.717) is 18.0 Å². The van der Waals surface area contributed by atoms with Gasteiger partial charge in [-0.05, 0) is 39.8 Å². The van der Waals surface area contributed by atoms with Crippen molar-refractivity contribution in [1.82, 2.24) is 5.32 Å². The van der Waals surface area contributed by atoms with Crippen LogP contribution in [0.25, 0.3) is 0 Å². The molecular formula is C20H28N2O7. The normalized spacial score (nSPS) is 34.6. The number of amides is 2. The fourth-order valence-corrected chi connectivity index (χ4v) is 3.95. The summed E-state index contributed by atoms with van der Waals surface area (Å²) >= 11 is 0. The molecule has 2 amide bonds. The van der Waals surface area contributed by atoms with Crippen molar-refractivity contribution in [2.75, 3.05) is 19.0 Å². The Labute approximate surface area is 169 Å². The van der Waals surface area contributed by atoms with E-state index in [4.69, 9.17) is 28.4 Å². The highest BCUT2D eigenvalue weighted by Gasteiger charge is 2.58. The number of fused-ring (bicyclic) bond motifs is 1. The molecule has 4 rings (SSSR count). The number of hydrogen-bond acceptors (Lipinski definition) is 7. The summed E-state index contributed by atoms with van der Waals surface area (Å²) in [6.07, 6.45) is -1.90. The number of nitrogens with one attached hydrogen (secondary N) is 2. The largest absolute Gasteiger partial charge is 0.495 e. The number of hydrogen-bond donors (Lipinski definition) is 2. The van der Waals surface area contributed by atoms with Crippen molar-refractivity contribution in [3.8, 4) is 5.75 Å². The quantitative estimate of drug-likeness (QED) is 0.788. The summed E-state index contributed by atoms with van der Waals surface area (Å²) in [4.78, 5) is 12.8. The summed E-state index contributed by atoms with van der Waals surface area (Å²) in [6, 6.07) is 6.30. The van der Waals surface area contributed by atoms with Gasteiger partial charge in [0, 0.05) is 0 Å². The summed E-state index contributed by atoms with van der Waals surface area (Å²) in [7, 11) is 1.55. The summed E-state index contributed by atoms with van der Waals surface area (Å²) in [5.41, 5.74) is 0.560. The Morgan fingerprint density at radius 2 is 1.83 bits per heavy atom. The molecule has 0 bridgehead atoms. The van der Waals surface area contributed by atoms with Crippen LogP contribution in [0, 0.1) is 0 Å². The average molecular weight is 408 g/mol. The third kappa shape index (κ3) is 4.19. The maximum Gasteiger partial charge on any atom is 0.319 e. The van der Waals surface area contributed by atoms with Gasteiger partial charge in [0.2, 0.25) is 0 Å². The smallest absolute Gasteiger partial charge is 0.319 e. The van der Waals surface area contributed by atoms with Crippen LogP contribution in [0.4, 0.5) is 10.5 Å². The topological polar surface area (TPSA) is 96.5 Å². The molecule has 0 radical (unpaired) electrons. The van der Waals surface area contributed by atoms with Crippen LogP contribution >= 0.6 is 0 Å². The first-order chi connectivity index (χ1) is 13.7. The standard InChI is InChI=1S/C20H28N2O7/c1-19(2)25-10-13(27-19)15-14(16-17(26-15)29-20(3,4)28-16)22-18(23)21-11-8-6-7-9-12(11)24-5/h6-9,13-17H,10H2,1-5H3,(H2,21,22,23)/t13-,14-,15-,16-,17-/m1/s1. The number of methoxy groups -OCH3 is 1. The van der Waals surface area contributed by atoms with E-state index in [1.165, 1.54) is 0 Å². The summed E-state index contributed by atoms with van der Waals surface area (Å²) in [6.45, 7) is 7.67. The van der Waals surface area contributed by atoms with Crippen LogP contribution in [-0.4, -0.2) is 62.0 Å². The van der Waals surface area contributed by atoms with E-state index in [9.17, 15) is 4.79 Å². The minimum atomic E-state index is -0.800. The predicted octanol–water partition coefficient (Wildman–Crippen LogP) is 2.21. The van der Waals surface area contributed by atoms with Crippen molar-refractivity contribution in [2.24, 2.45) is 0 Å². The van der Waals surface area contributed by atoms with Gasteiger partial charge in [-0.2, -0.15) is 0 Å². The van der Waals surface area contributed by atoms with Crippen molar-refractivity contribution in [2.45, 2.75) is 69.9 Å². The Morgan fingerprint density at radius 3 is 2.52 bits per heavy atom. The number of urea groups is 1. The molecular weight excluding hydrogens is 380 g/mol. The first-order valence-corrected chi connectivity index (χ1v) is 9.71. The second kappa shape index (κ2) is 7.41. The number of benzene rings is 1. The maximum absolute atomic E-state index is 12.8. The van der Waals surface area contributed by atoms with Crippen molar-refractivity contribution >= 4 is 11.7 Å². The van der Waals surface area contributed by atoms with E-state index in [0.717, 1.165) is 0 Å². The zero-order chi connectivity index (χ0) is 20.8. The molecule has 29 heavy (non-hydrogen) atoms. The van der Waals surface area contributed by atoms with Crippen molar-refractivity contribution < 1.29 is 33.2 Å². The van der Waals surface area contributed by atoms with Crippen LogP contribution in [0.2, 0.25) is 0 Å². The monoisotopic (exact) mass is 408 g/mol. The molecule has 160 valence electrons. The van der Waals surface area contributed by atoms with E-state index in [2.05, 4.69) is 10.6 Å². The molecule has 1 aromatic carbocycles. The van der Waals surface area contributed by atoms with Gasteiger partial charge in [0.15, 0.2) is 17.9 Å². The highest BCUT2D eigenvalue weighted by molar-refractivity contribution is 5.91. The van der Waals surface area contributed by atoms with E-state index < -0.39 is 42.1 Å². The summed E-state index contributed by atoms with van der Waals surface area (Å²) in [5.74, 6) is -0.946. The molecule has 2 N–H and O–H groups in total. The highest BCUT2D eigenvalue weighted by Crippen LogP contribution is 2.40. The van der Waals surface area contributed by atoms with Crippen LogP contribution in [0.3, 0.4) is 0 Å². The second-order valence-corrected chi connectivity index (χ2v) is 8.26. The van der Waals surface area contributed by atoms with Gasteiger partial charge in [-0.25, -0.2) is 4.79 Å². The average Bonchev–Trinajstić information content (AvgIpc) is 3.25. The van der Waals surface area contributed by atoms with Crippen molar-refractivity contribution in [3.63, 3.8) is 0 Å². The van der Waals surface area contributed by atoms with E-state index in [-0.39, 0.29) is 6.10 Å². The Bertz CT molecular complexity index is 769. The number of para-hydroxylation sites is 2. The molecule has 3 aliphatic rings. The lowest BCUT2D eigenvalue weighted by Crippen LogP contribution is -2.53. The zero-order valence-electron chi connectivity index (χ0n) is 17.3. The predicted molar refractivity (Wildman–Crippen MR) is 103 cm³/mol. The molecule has 3 fully saturated rings. The molecule has 5 atom stereocenters. The summed E-state index contributed by atoms with van der Waals surface area (Å²) < 4.78 is 34.9. The molecule has 3 aliphatic heterocycles. The first-order valence-electron chi connectivity index (χ1n) is 9.71. The fourth-order valence-electron chi connectivity index (χ4n) is 3.95. The molecule has 9 heteroatoms. The second-order valence-electron chi connectivity index (χ2n) is 8.26. The Morgan fingerprint density at radius 1 is 1.07 bits per heavy atom. The minimum absolute atomic E-state index is 0.354. The minimum Gasteiger partial charge on any atom is -0.495 e. The number of anilines is 1.